The van der Waals surface area contributed by atoms with Crippen LogP contribution in [0.3, 0.4) is 0 Å². The summed E-state index contributed by atoms with van der Waals surface area (Å²) in [6.45, 7) is 7.10. The maximum absolute atomic E-state index is 13.7. The van der Waals surface area contributed by atoms with Gasteiger partial charge in [-0.2, -0.15) is 13.2 Å². The largest absolute Gasteiger partial charge is 0.477 e. The normalized spacial score (nSPS) is 15.4. The van der Waals surface area contributed by atoms with Crippen molar-refractivity contribution < 1.29 is 27.5 Å². The molecule has 43 heavy (non-hydrogen) atoms. The van der Waals surface area contributed by atoms with Crippen molar-refractivity contribution in [2.75, 3.05) is 37.7 Å². The highest BCUT2D eigenvalue weighted by Crippen LogP contribution is 2.35. The Balaban J connectivity index is 1.67. The number of ether oxygens (including phenoxy) is 1. The van der Waals surface area contributed by atoms with Crippen LogP contribution in [0.5, 0.6) is 5.88 Å². The first-order valence-electron chi connectivity index (χ1n) is 14.2. The molecule has 1 N–H and O–H groups in total. The van der Waals surface area contributed by atoms with E-state index in [0.717, 1.165) is 25.0 Å². The highest BCUT2D eigenvalue weighted by Gasteiger charge is 2.38. The summed E-state index contributed by atoms with van der Waals surface area (Å²) in [6, 6.07) is 6.34. The fraction of sp³-hybridized carbons (Fsp3) is 0.433. The summed E-state index contributed by atoms with van der Waals surface area (Å²) in [6.07, 6.45) is 0.621. The van der Waals surface area contributed by atoms with Crippen molar-refractivity contribution in [1.29, 1.82) is 0 Å². The minimum absolute atomic E-state index is 0.105. The van der Waals surface area contributed by atoms with Gasteiger partial charge >= 0.3 is 6.18 Å². The Morgan fingerprint density at radius 2 is 1.93 bits per heavy atom. The molecule has 2 amide bonds. The molecule has 0 bridgehead atoms. The molecule has 0 aliphatic carbocycles. The average Bonchev–Trinajstić information content (AvgIpc) is 3.00. The number of aromatic nitrogens is 3. The molecular formula is C30H34ClF3N6O3. The monoisotopic (exact) mass is 618 g/mol. The van der Waals surface area contributed by atoms with Gasteiger partial charge in [-0.05, 0) is 50.1 Å². The highest BCUT2D eigenvalue weighted by atomic mass is 35.5. The van der Waals surface area contributed by atoms with Gasteiger partial charge in [0.05, 0.1) is 35.2 Å². The predicted octanol–water partition coefficient (Wildman–Crippen LogP) is 5.88. The van der Waals surface area contributed by atoms with E-state index in [2.05, 4.69) is 15.3 Å². The minimum atomic E-state index is -4.74. The Kier molecular flexibility index (Phi) is 10.4. The van der Waals surface area contributed by atoms with Gasteiger partial charge in [0.2, 0.25) is 5.88 Å². The number of alkyl halides is 3. The smallest absolute Gasteiger partial charge is 0.417 e. The lowest BCUT2D eigenvalue weighted by Gasteiger charge is -2.42. The van der Waals surface area contributed by atoms with E-state index in [4.69, 9.17) is 21.3 Å². The number of unbranched alkanes of at least 4 members (excludes halogenated alkanes) is 1. The molecular weight excluding hydrogens is 585 g/mol. The summed E-state index contributed by atoms with van der Waals surface area (Å²) < 4.78 is 46.9. The van der Waals surface area contributed by atoms with E-state index in [-0.39, 0.29) is 36.4 Å². The maximum Gasteiger partial charge on any atom is 0.417 e. The lowest BCUT2D eigenvalue weighted by atomic mass is 10.0. The van der Waals surface area contributed by atoms with Gasteiger partial charge in [0, 0.05) is 43.4 Å². The van der Waals surface area contributed by atoms with Gasteiger partial charge in [0.1, 0.15) is 0 Å². The third-order valence-electron chi connectivity index (χ3n) is 7.14. The van der Waals surface area contributed by atoms with Crippen molar-refractivity contribution in [3.63, 3.8) is 0 Å². The summed E-state index contributed by atoms with van der Waals surface area (Å²) in [5.74, 6) is -0.436. The van der Waals surface area contributed by atoms with Crippen LogP contribution in [0.15, 0.2) is 42.7 Å². The first-order chi connectivity index (χ1) is 20.6. The molecule has 1 aliphatic rings. The van der Waals surface area contributed by atoms with Gasteiger partial charge in [-0.15, -0.1) is 0 Å². The molecule has 13 heteroatoms. The van der Waals surface area contributed by atoms with Crippen LogP contribution in [0.1, 0.15) is 66.4 Å². The molecule has 1 fully saturated rings. The zero-order chi connectivity index (χ0) is 31.1. The van der Waals surface area contributed by atoms with Gasteiger partial charge in [-0.25, -0.2) is 15.0 Å². The molecule has 3 aromatic rings. The molecule has 1 aliphatic heterocycles. The molecule has 1 saturated heterocycles. The quantitative estimate of drug-likeness (QED) is 0.283. The van der Waals surface area contributed by atoms with Crippen LogP contribution in [-0.2, 0) is 6.18 Å². The Morgan fingerprint density at radius 3 is 2.63 bits per heavy atom. The number of rotatable bonds is 10. The number of anilines is 1. The second-order valence-corrected chi connectivity index (χ2v) is 10.5. The van der Waals surface area contributed by atoms with Gasteiger partial charge < -0.3 is 19.9 Å². The van der Waals surface area contributed by atoms with Crippen LogP contribution in [0.4, 0.5) is 19.0 Å². The molecule has 0 saturated carbocycles. The number of nitrogens with zero attached hydrogens (tertiary/aromatic N) is 5. The summed E-state index contributed by atoms with van der Waals surface area (Å²) in [5.41, 5.74) is -0.436. The minimum Gasteiger partial charge on any atom is -0.477 e. The second kappa shape index (κ2) is 14.0. The van der Waals surface area contributed by atoms with Gasteiger partial charge in [-0.3, -0.25) is 9.59 Å². The molecule has 0 radical (unpaired) electrons. The summed E-state index contributed by atoms with van der Waals surface area (Å²) in [4.78, 5) is 43.7. The molecule has 9 nitrogen and oxygen atoms in total. The van der Waals surface area contributed by atoms with Gasteiger partial charge in [-0.1, -0.05) is 31.9 Å². The number of amides is 2. The maximum atomic E-state index is 13.7. The number of piperazine rings is 1. The number of nitrogens with one attached hydrogen (secondary N) is 1. The number of hydrogen-bond acceptors (Lipinski definition) is 7. The molecule has 2 aromatic heterocycles. The molecule has 230 valence electrons. The lowest BCUT2D eigenvalue weighted by Crippen LogP contribution is -2.55. The Hall–Kier alpha value is -3.93. The summed E-state index contributed by atoms with van der Waals surface area (Å²) in [7, 11) is 0. The molecule has 4 rings (SSSR count). The zero-order valence-electron chi connectivity index (χ0n) is 24.2. The standard InChI is InChI=1S/C30H34ClF3N6O3/c1-4-7-12-35-27(41)25-26(37-17-24(38-25)22-9-8-13-36-28(22)43-6-3)40-15-14-39(18-20(40)5-2)29(42)21-11-10-19(31)16-23(21)30(32,33)34/h8-11,13,16-17,20H,4-7,12,14-15,18H2,1-3H3,(H,35,41)/t20-/m1/s1. The third-order valence-corrected chi connectivity index (χ3v) is 7.38. The fourth-order valence-corrected chi connectivity index (χ4v) is 5.12. The van der Waals surface area contributed by atoms with Gasteiger partial charge in [0.15, 0.2) is 11.5 Å². The highest BCUT2D eigenvalue weighted by molar-refractivity contribution is 6.30. The Bertz CT molecular complexity index is 1450. The van der Waals surface area contributed by atoms with E-state index < -0.39 is 29.1 Å². The van der Waals surface area contributed by atoms with Crippen molar-refractivity contribution >= 4 is 29.2 Å². The molecule has 0 unspecified atom stereocenters. The fourth-order valence-electron chi connectivity index (χ4n) is 4.95. The average molecular weight is 619 g/mol. The van der Waals surface area contributed by atoms with Crippen molar-refractivity contribution in [3.8, 4) is 17.1 Å². The zero-order valence-corrected chi connectivity index (χ0v) is 25.0. The topological polar surface area (TPSA) is 101 Å². The number of benzene rings is 1. The van der Waals surface area contributed by atoms with E-state index in [1.807, 2.05) is 25.7 Å². The van der Waals surface area contributed by atoms with Crippen LogP contribution >= 0.6 is 11.6 Å². The van der Waals surface area contributed by atoms with Crippen molar-refractivity contribution in [2.45, 2.75) is 52.3 Å². The van der Waals surface area contributed by atoms with Crippen molar-refractivity contribution in [1.82, 2.24) is 25.2 Å². The molecule has 1 aromatic carbocycles. The molecule has 0 spiro atoms. The predicted molar refractivity (Wildman–Crippen MR) is 157 cm³/mol. The SMILES string of the molecule is CCCCNC(=O)c1nc(-c2cccnc2OCC)cnc1N1CCN(C(=O)c2ccc(Cl)cc2C(F)(F)F)C[C@H]1CC. The van der Waals surface area contributed by atoms with E-state index >= 15 is 0 Å². The van der Waals surface area contributed by atoms with Crippen molar-refractivity contribution in [3.05, 3.63) is 64.6 Å². The number of pyridine rings is 1. The van der Waals surface area contributed by atoms with Gasteiger partial charge in [0.25, 0.3) is 11.8 Å². The van der Waals surface area contributed by atoms with Crippen LogP contribution in [0.25, 0.3) is 11.3 Å². The first kappa shape index (κ1) is 32.0. The van der Waals surface area contributed by atoms with Crippen molar-refractivity contribution in [2.24, 2.45) is 0 Å². The number of carbonyl (C=O) groups excluding carboxylic acids is 2. The molecule has 3 heterocycles. The first-order valence-corrected chi connectivity index (χ1v) is 14.6. The van der Waals surface area contributed by atoms with E-state index in [1.165, 1.54) is 11.0 Å². The number of carbonyl (C=O) groups is 2. The summed E-state index contributed by atoms with van der Waals surface area (Å²) in [5, 5.41) is 2.80. The number of halogens is 4. The van der Waals surface area contributed by atoms with E-state index in [1.54, 1.807) is 24.5 Å². The lowest BCUT2D eigenvalue weighted by molar-refractivity contribution is -0.138. The second-order valence-electron chi connectivity index (χ2n) is 10.0. The Labute approximate surface area is 253 Å². The van der Waals surface area contributed by atoms with Crippen LogP contribution < -0.4 is 15.0 Å². The van der Waals surface area contributed by atoms with Crippen LogP contribution in [0, 0.1) is 0 Å². The number of hydrogen-bond donors (Lipinski definition) is 1. The Morgan fingerprint density at radius 1 is 1.14 bits per heavy atom. The van der Waals surface area contributed by atoms with E-state index in [0.29, 0.717) is 42.5 Å². The molecule has 1 atom stereocenters. The van der Waals surface area contributed by atoms with Crippen LogP contribution in [0.2, 0.25) is 5.02 Å². The van der Waals surface area contributed by atoms with E-state index in [9.17, 15) is 22.8 Å². The third kappa shape index (κ3) is 7.35. The van der Waals surface area contributed by atoms with Crippen LogP contribution in [-0.4, -0.2) is 70.5 Å². The summed E-state index contributed by atoms with van der Waals surface area (Å²) >= 11 is 5.81.